The Labute approximate surface area is 262 Å². The Balaban J connectivity index is 1.21. The molecule has 46 heavy (non-hydrogen) atoms. The third-order valence-corrected chi connectivity index (χ3v) is 10.9. The average Bonchev–Trinajstić information content (AvgIpc) is 3.43. The van der Waals surface area contributed by atoms with Crippen LogP contribution in [0.5, 0.6) is 5.75 Å². The number of rotatable bonds is 4. The standard InChI is InChI=1S/C31H34F4N6O5/c1-29(2,3)23(38-25(42)18-8-31(18,34)35)27(44)40-11-17-13-4-16(19(33)5-13)21(17)22(40)26(43)41-12-30(7-15(41)9-36)28(45)39-24-20(46-30)6-14(32)10-37-24/h6,10,13,15-19,21-23H,4-5,7-8,11-12H2,1-3H3,(H,38,42)(H,37,39,45)/t13-,15-,16+,17+,18-,19+,21-,22-,23+,30+/m0/s1. The van der Waals surface area contributed by atoms with Gasteiger partial charge in [0.05, 0.1) is 18.8 Å². The number of hydrogen-bond acceptors (Lipinski definition) is 7. The van der Waals surface area contributed by atoms with E-state index in [1.165, 1.54) is 9.80 Å². The van der Waals surface area contributed by atoms with Crippen LogP contribution in [0.1, 0.15) is 46.5 Å². The van der Waals surface area contributed by atoms with Crippen molar-refractivity contribution < 1.29 is 41.5 Å². The zero-order valence-electron chi connectivity index (χ0n) is 25.4. The van der Waals surface area contributed by atoms with Crippen LogP contribution < -0.4 is 15.4 Å². The minimum absolute atomic E-state index is 0.0130. The lowest BCUT2D eigenvalue weighted by Gasteiger charge is -2.39. The Bertz CT molecular complexity index is 1580. The van der Waals surface area contributed by atoms with Crippen LogP contribution in [0, 0.1) is 52.2 Å². The van der Waals surface area contributed by atoms with Gasteiger partial charge >= 0.3 is 0 Å². The van der Waals surface area contributed by atoms with Crippen LogP contribution in [0.15, 0.2) is 12.3 Å². The van der Waals surface area contributed by atoms with Gasteiger partial charge in [0.25, 0.3) is 11.8 Å². The van der Waals surface area contributed by atoms with Crippen LogP contribution in [-0.2, 0) is 19.2 Å². The molecule has 2 saturated heterocycles. The first-order valence-corrected chi connectivity index (χ1v) is 15.5. The SMILES string of the molecule is CC(C)(C)[C@H](NC(=O)[C@@H]1CC1(F)F)C(=O)N1C[C@@H]2[C@H]3C[C@@H]([C@@H]2[C@H]1C(=O)N1C[C@@]2(C[C@H]1C#N)Oc1cc(F)cnc1NC2=O)[C@H](F)C3. The van der Waals surface area contributed by atoms with E-state index in [-0.39, 0.29) is 36.4 Å². The molecule has 4 amide bonds. The third-order valence-electron chi connectivity index (χ3n) is 10.9. The summed E-state index contributed by atoms with van der Waals surface area (Å²) in [6.45, 7) is 4.70. The summed E-state index contributed by atoms with van der Waals surface area (Å²) in [6, 6.07) is -0.591. The summed E-state index contributed by atoms with van der Waals surface area (Å²) in [4.78, 5) is 61.3. The predicted molar refractivity (Wildman–Crippen MR) is 150 cm³/mol. The fourth-order valence-corrected chi connectivity index (χ4v) is 8.50. The number of carbonyl (C=O) groups is 4. The van der Waals surface area contributed by atoms with E-state index < -0.39 is 101 Å². The van der Waals surface area contributed by atoms with Gasteiger partial charge in [-0.25, -0.2) is 22.5 Å². The van der Waals surface area contributed by atoms with Crippen molar-refractivity contribution in [3.05, 3.63) is 18.1 Å². The van der Waals surface area contributed by atoms with E-state index in [1.807, 2.05) is 6.07 Å². The van der Waals surface area contributed by atoms with Crippen LogP contribution in [0.25, 0.3) is 0 Å². The van der Waals surface area contributed by atoms with Crippen LogP contribution in [0.4, 0.5) is 23.4 Å². The van der Waals surface area contributed by atoms with E-state index in [0.717, 1.165) is 12.3 Å². The molecule has 0 radical (unpaired) electrons. The summed E-state index contributed by atoms with van der Waals surface area (Å²) in [5.41, 5.74) is -2.69. The second kappa shape index (κ2) is 10.0. The fraction of sp³-hybridized carbons (Fsp3) is 0.677. The molecule has 2 bridgehead atoms. The van der Waals surface area contributed by atoms with Gasteiger partial charge in [-0.15, -0.1) is 0 Å². The third kappa shape index (κ3) is 4.61. The number of amides is 4. The number of likely N-dealkylation sites (tertiary alicyclic amines) is 2. The highest BCUT2D eigenvalue weighted by atomic mass is 19.3. The molecule has 11 nitrogen and oxygen atoms in total. The Morgan fingerprint density at radius 1 is 1.20 bits per heavy atom. The van der Waals surface area contributed by atoms with E-state index in [4.69, 9.17) is 4.74 Å². The largest absolute Gasteiger partial charge is 0.471 e. The number of anilines is 1. The van der Waals surface area contributed by atoms with E-state index in [0.29, 0.717) is 12.8 Å². The lowest BCUT2D eigenvalue weighted by atomic mass is 9.77. The zero-order chi connectivity index (χ0) is 33.1. The molecule has 6 aliphatic rings. The van der Waals surface area contributed by atoms with Gasteiger partial charge in [-0.3, -0.25) is 19.2 Å². The van der Waals surface area contributed by atoms with Gasteiger partial charge in [0, 0.05) is 25.5 Å². The van der Waals surface area contributed by atoms with Crippen molar-refractivity contribution in [2.24, 2.45) is 35.0 Å². The molecule has 1 spiro atoms. The lowest BCUT2D eigenvalue weighted by molar-refractivity contribution is -0.150. The molecule has 7 rings (SSSR count). The molecule has 2 N–H and O–H groups in total. The molecule has 1 aromatic heterocycles. The van der Waals surface area contributed by atoms with Crippen molar-refractivity contribution in [1.29, 1.82) is 5.26 Å². The molecule has 0 aromatic carbocycles. The number of nitrogens with one attached hydrogen (secondary N) is 2. The summed E-state index contributed by atoms with van der Waals surface area (Å²) in [6.07, 6.45) is -0.298. The first kappa shape index (κ1) is 30.7. The number of aromatic nitrogens is 1. The van der Waals surface area contributed by atoms with Crippen LogP contribution >= 0.6 is 0 Å². The summed E-state index contributed by atoms with van der Waals surface area (Å²) in [5.74, 6) is -9.84. The molecule has 3 aliphatic carbocycles. The van der Waals surface area contributed by atoms with E-state index in [9.17, 15) is 37.6 Å². The topological polar surface area (TPSA) is 145 Å². The maximum absolute atomic E-state index is 15.2. The monoisotopic (exact) mass is 646 g/mol. The second-order valence-corrected chi connectivity index (χ2v) is 14.8. The number of pyridine rings is 1. The number of nitriles is 1. The number of ether oxygens (including phenoxy) is 1. The minimum atomic E-state index is -3.15. The van der Waals surface area contributed by atoms with Crippen LogP contribution in [-0.4, -0.2) is 87.3 Å². The number of hydrogen-bond donors (Lipinski definition) is 2. The fourth-order valence-electron chi connectivity index (χ4n) is 8.50. The Hall–Kier alpha value is -3.96. The molecular weight excluding hydrogens is 612 g/mol. The van der Waals surface area contributed by atoms with E-state index in [2.05, 4.69) is 15.6 Å². The molecule has 15 heteroatoms. The molecule has 0 unspecified atom stereocenters. The number of alkyl halides is 3. The van der Waals surface area contributed by atoms with Gasteiger partial charge in [-0.1, -0.05) is 20.8 Å². The molecule has 5 fully saturated rings. The zero-order valence-corrected chi connectivity index (χ0v) is 25.4. The number of carbonyl (C=O) groups excluding carboxylic acids is 4. The van der Waals surface area contributed by atoms with Crippen LogP contribution in [0.2, 0.25) is 0 Å². The second-order valence-electron chi connectivity index (χ2n) is 14.8. The average molecular weight is 647 g/mol. The molecular formula is C31H34F4N6O5. The minimum Gasteiger partial charge on any atom is -0.471 e. The molecule has 10 atom stereocenters. The maximum atomic E-state index is 15.2. The summed E-state index contributed by atoms with van der Waals surface area (Å²) >= 11 is 0. The smallest absolute Gasteiger partial charge is 0.271 e. The number of nitrogens with zero attached hydrogens (tertiary/aromatic N) is 4. The molecule has 4 heterocycles. The maximum Gasteiger partial charge on any atom is 0.271 e. The molecule has 3 aliphatic heterocycles. The van der Waals surface area contributed by atoms with E-state index in [1.54, 1.807) is 20.8 Å². The van der Waals surface area contributed by atoms with Crippen molar-refractivity contribution in [1.82, 2.24) is 20.1 Å². The van der Waals surface area contributed by atoms with Gasteiger partial charge in [-0.2, -0.15) is 5.26 Å². The highest BCUT2D eigenvalue weighted by Gasteiger charge is 2.66. The van der Waals surface area contributed by atoms with Gasteiger partial charge in [0.2, 0.25) is 23.3 Å². The summed E-state index contributed by atoms with van der Waals surface area (Å²) in [5, 5.41) is 15.2. The number of fused-ring (bicyclic) bond motifs is 6. The van der Waals surface area contributed by atoms with Crippen molar-refractivity contribution >= 4 is 29.4 Å². The normalized spacial score (nSPS) is 37.2. The van der Waals surface area contributed by atoms with Gasteiger partial charge < -0.3 is 25.2 Å². The quantitative estimate of drug-likeness (QED) is 0.478. The highest BCUT2D eigenvalue weighted by Crippen LogP contribution is 2.59. The molecule has 3 saturated carbocycles. The van der Waals surface area contributed by atoms with Crippen LogP contribution in [0.3, 0.4) is 0 Å². The number of halogens is 4. The Kier molecular flexibility index (Phi) is 6.68. The van der Waals surface area contributed by atoms with Crippen molar-refractivity contribution in [3.8, 4) is 11.8 Å². The Morgan fingerprint density at radius 2 is 1.91 bits per heavy atom. The lowest BCUT2D eigenvalue weighted by Crippen LogP contribution is -2.60. The van der Waals surface area contributed by atoms with E-state index >= 15 is 4.39 Å². The highest BCUT2D eigenvalue weighted by molar-refractivity contribution is 6.01. The van der Waals surface area contributed by atoms with Crippen molar-refractivity contribution in [2.75, 3.05) is 18.4 Å². The van der Waals surface area contributed by atoms with Gasteiger partial charge in [-0.05, 0) is 41.9 Å². The Morgan fingerprint density at radius 3 is 2.57 bits per heavy atom. The molecule has 246 valence electrons. The molecule has 1 aromatic rings. The first-order chi connectivity index (χ1) is 21.5. The first-order valence-electron chi connectivity index (χ1n) is 15.5. The summed E-state index contributed by atoms with van der Waals surface area (Å²) in [7, 11) is 0. The van der Waals surface area contributed by atoms with Crippen molar-refractivity contribution in [2.45, 2.75) is 82.3 Å². The van der Waals surface area contributed by atoms with Gasteiger partial charge in [0.1, 0.15) is 36.0 Å². The predicted octanol–water partition coefficient (Wildman–Crippen LogP) is 2.42. The summed E-state index contributed by atoms with van der Waals surface area (Å²) < 4.78 is 62.6. The van der Waals surface area contributed by atoms with Gasteiger partial charge in [0.15, 0.2) is 11.6 Å². The van der Waals surface area contributed by atoms with Crippen molar-refractivity contribution in [3.63, 3.8) is 0 Å².